The maximum absolute atomic E-state index is 4.69. The number of aromatic nitrogens is 4. The standard InChI is InChI=1S/C11H11N5S3/c1-2-7(1)12-5-8-9(18-11-13-6-14-19-11)15-10-16(8)3-4-17-10/h3-4,6-7,12H,1-2,5H2. The number of fused-ring (bicyclic) bond motifs is 1. The van der Waals surface area contributed by atoms with E-state index in [4.69, 9.17) is 0 Å². The Kier molecular flexibility index (Phi) is 3.03. The Balaban J connectivity index is 1.66. The predicted octanol–water partition coefficient (Wildman–Crippen LogP) is 2.65. The zero-order valence-electron chi connectivity index (χ0n) is 9.94. The summed E-state index contributed by atoms with van der Waals surface area (Å²) < 4.78 is 7.15. The highest BCUT2D eigenvalue weighted by molar-refractivity contribution is 8.00. The smallest absolute Gasteiger partial charge is 0.194 e. The zero-order chi connectivity index (χ0) is 12.7. The fourth-order valence-electron chi connectivity index (χ4n) is 1.87. The molecule has 3 aromatic heterocycles. The molecule has 0 amide bonds. The number of imidazole rings is 1. The summed E-state index contributed by atoms with van der Waals surface area (Å²) in [5, 5.41) is 6.67. The van der Waals surface area contributed by atoms with Crippen molar-refractivity contribution in [3.63, 3.8) is 0 Å². The summed E-state index contributed by atoms with van der Waals surface area (Å²) in [7, 11) is 0. The summed E-state index contributed by atoms with van der Waals surface area (Å²) in [6.07, 6.45) is 6.27. The van der Waals surface area contributed by atoms with Gasteiger partial charge in [0.15, 0.2) is 9.30 Å². The van der Waals surface area contributed by atoms with Crippen LogP contribution in [0.4, 0.5) is 0 Å². The van der Waals surface area contributed by atoms with Gasteiger partial charge in [-0.15, -0.1) is 11.3 Å². The first-order valence-electron chi connectivity index (χ1n) is 6.02. The minimum Gasteiger partial charge on any atom is -0.308 e. The van der Waals surface area contributed by atoms with Gasteiger partial charge < -0.3 is 5.32 Å². The van der Waals surface area contributed by atoms with Crippen LogP contribution in [0.15, 0.2) is 27.3 Å². The molecule has 0 unspecified atom stereocenters. The molecule has 3 heterocycles. The number of hydrogen-bond acceptors (Lipinski definition) is 7. The lowest BCUT2D eigenvalue weighted by atomic mass is 10.4. The molecule has 1 saturated carbocycles. The molecule has 19 heavy (non-hydrogen) atoms. The molecular formula is C11H11N5S3. The van der Waals surface area contributed by atoms with Crippen LogP contribution in [0.3, 0.4) is 0 Å². The Morgan fingerprint density at radius 3 is 3.21 bits per heavy atom. The lowest BCUT2D eigenvalue weighted by Gasteiger charge is -2.03. The zero-order valence-corrected chi connectivity index (χ0v) is 12.4. The second kappa shape index (κ2) is 4.86. The van der Waals surface area contributed by atoms with Gasteiger partial charge in [-0.2, -0.15) is 4.37 Å². The van der Waals surface area contributed by atoms with E-state index >= 15 is 0 Å². The van der Waals surface area contributed by atoms with Gasteiger partial charge in [-0.25, -0.2) is 9.97 Å². The monoisotopic (exact) mass is 309 g/mol. The molecule has 1 aliphatic rings. The molecule has 0 bridgehead atoms. The Morgan fingerprint density at radius 1 is 1.47 bits per heavy atom. The molecule has 3 aromatic rings. The Morgan fingerprint density at radius 2 is 2.42 bits per heavy atom. The van der Waals surface area contributed by atoms with Gasteiger partial charge in [0.1, 0.15) is 11.4 Å². The average Bonchev–Trinajstić information content (AvgIpc) is 2.81. The third-order valence-electron chi connectivity index (χ3n) is 2.98. The molecule has 98 valence electrons. The van der Waals surface area contributed by atoms with Gasteiger partial charge >= 0.3 is 0 Å². The van der Waals surface area contributed by atoms with Crippen molar-refractivity contribution in [1.29, 1.82) is 0 Å². The molecule has 8 heteroatoms. The minimum absolute atomic E-state index is 0.698. The fraction of sp³-hybridized carbons (Fsp3) is 0.364. The number of nitrogens with one attached hydrogen (secondary N) is 1. The molecule has 4 rings (SSSR count). The highest BCUT2D eigenvalue weighted by atomic mass is 32.2. The Labute approximate surface area is 122 Å². The quantitative estimate of drug-likeness (QED) is 0.785. The van der Waals surface area contributed by atoms with E-state index < -0.39 is 0 Å². The van der Waals surface area contributed by atoms with E-state index in [9.17, 15) is 0 Å². The van der Waals surface area contributed by atoms with E-state index in [1.807, 2.05) is 0 Å². The molecule has 5 nitrogen and oxygen atoms in total. The fourth-order valence-corrected chi connectivity index (χ4v) is 4.14. The highest BCUT2D eigenvalue weighted by Crippen LogP contribution is 2.32. The van der Waals surface area contributed by atoms with E-state index in [0.29, 0.717) is 6.04 Å². The second-order valence-corrected chi connectivity index (χ2v) is 7.27. The third kappa shape index (κ3) is 2.40. The van der Waals surface area contributed by atoms with Crippen molar-refractivity contribution >= 4 is 39.6 Å². The number of thiazole rings is 1. The summed E-state index contributed by atoms with van der Waals surface area (Å²) in [4.78, 5) is 9.95. The van der Waals surface area contributed by atoms with Crippen LogP contribution < -0.4 is 5.32 Å². The normalized spacial score (nSPS) is 15.4. The second-order valence-electron chi connectivity index (χ2n) is 4.38. The van der Waals surface area contributed by atoms with Gasteiger partial charge in [0.05, 0.1) is 5.69 Å². The van der Waals surface area contributed by atoms with Crippen LogP contribution in [0.2, 0.25) is 0 Å². The van der Waals surface area contributed by atoms with E-state index in [1.54, 1.807) is 29.4 Å². The van der Waals surface area contributed by atoms with E-state index in [-0.39, 0.29) is 0 Å². The van der Waals surface area contributed by atoms with E-state index in [1.165, 1.54) is 30.1 Å². The summed E-state index contributed by atoms with van der Waals surface area (Å²) in [6.45, 7) is 0.865. The molecular weight excluding hydrogens is 298 g/mol. The SMILES string of the molecule is c1nsc(Sc2nc3sccn3c2CNC2CC2)n1. The van der Waals surface area contributed by atoms with Crippen molar-refractivity contribution in [2.75, 3.05) is 0 Å². The van der Waals surface area contributed by atoms with Gasteiger partial charge in [-0.05, 0) is 36.1 Å². The van der Waals surface area contributed by atoms with Crippen LogP contribution >= 0.6 is 34.6 Å². The number of nitrogens with zero attached hydrogens (tertiary/aromatic N) is 4. The molecule has 0 radical (unpaired) electrons. The summed E-state index contributed by atoms with van der Waals surface area (Å²) >= 11 is 4.68. The maximum Gasteiger partial charge on any atom is 0.194 e. The number of rotatable bonds is 5. The topological polar surface area (TPSA) is 55.1 Å². The summed E-state index contributed by atoms with van der Waals surface area (Å²) in [5.74, 6) is 0. The Hall–Kier alpha value is -0.960. The highest BCUT2D eigenvalue weighted by Gasteiger charge is 2.22. The first-order valence-corrected chi connectivity index (χ1v) is 8.49. The van der Waals surface area contributed by atoms with Crippen LogP contribution in [0.5, 0.6) is 0 Å². The van der Waals surface area contributed by atoms with Gasteiger partial charge in [-0.3, -0.25) is 4.40 Å². The molecule has 0 aromatic carbocycles. The largest absolute Gasteiger partial charge is 0.308 e. The van der Waals surface area contributed by atoms with Crippen LogP contribution in [0.1, 0.15) is 18.5 Å². The van der Waals surface area contributed by atoms with Gasteiger partial charge in [0, 0.05) is 24.2 Å². The van der Waals surface area contributed by atoms with Crippen LogP contribution in [0.25, 0.3) is 4.96 Å². The first-order chi connectivity index (χ1) is 9.40. The van der Waals surface area contributed by atoms with Crippen molar-refractivity contribution in [2.24, 2.45) is 0 Å². The molecule has 0 saturated heterocycles. The Bertz CT molecular complexity index is 682. The lowest BCUT2D eigenvalue weighted by Crippen LogP contribution is -2.16. The third-order valence-corrected chi connectivity index (χ3v) is 5.48. The molecule has 1 fully saturated rings. The van der Waals surface area contributed by atoms with Crippen molar-refractivity contribution in [3.8, 4) is 0 Å². The van der Waals surface area contributed by atoms with Crippen molar-refractivity contribution in [3.05, 3.63) is 23.6 Å². The van der Waals surface area contributed by atoms with Crippen molar-refractivity contribution < 1.29 is 0 Å². The van der Waals surface area contributed by atoms with Crippen LogP contribution in [-0.4, -0.2) is 24.8 Å². The lowest BCUT2D eigenvalue weighted by molar-refractivity contribution is 0.661. The van der Waals surface area contributed by atoms with Crippen LogP contribution in [0, 0.1) is 0 Å². The molecule has 0 atom stereocenters. The summed E-state index contributed by atoms with van der Waals surface area (Å²) in [6, 6.07) is 0.698. The molecule has 0 spiro atoms. The van der Waals surface area contributed by atoms with Gasteiger partial charge in [-0.1, -0.05) is 0 Å². The first kappa shape index (κ1) is 11.8. The van der Waals surface area contributed by atoms with E-state index in [2.05, 4.69) is 35.6 Å². The minimum atomic E-state index is 0.698. The molecule has 1 N–H and O–H groups in total. The van der Waals surface area contributed by atoms with Crippen molar-refractivity contribution in [2.45, 2.75) is 34.8 Å². The average molecular weight is 309 g/mol. The molecule has 0 aliphatic heterocycles. The predicted molar refractivity (Wildman–Crippen MR) is 77.0 cm³/mol. The van der Waals surface area contributed by atoms with Gasteiger partial charge in [0.2, 0.25) is 0 Å². The molecule has 1 aliphatic carbocycles. The van der Waals surface area contributed by atoms with Gasteiger partial charge in [0.25, 0.3) is 0 Å². The summed E-state index contributed by atoms with van der Waals surface area (Å²) in [5.41, 5.74) is 1.23. The van der Waals surface area contributed by atoms with Crippen molar-refractivity contribution in [1.82, 2.24) is 24.1 Å². The maximum atomic E-state index is 4.69. The van der Waals surface area contributed by atoms with Crippen LogP contribution in [-0.2, 0) is 6.54 Å². The van der Waals surface area contributed by atoms with E-state index in [0.717, 1.165) is 20.9 Å². The number of hydrogen-bond donors (Lipinski definition) is 1.